The van der Waals surface area contributed by atoms with Crippen LogP contribution in [0.1, 0.15) is 43.2 Å². The highest BCUT2D eigenvalue weighted by atomic mass is 16.5. The molecule has 1 aromatic carbocycles. The van der Waals surface area contributed by atoms with Crippen LogP contribution in [0.5, 0.6) is 5.75 Å². The van der Waals surface area contributed by atoms with E-state index in [9.17, 15) is 9.59 Å². The molecule has 6 heteroatoms. The number of ether oxygens (including phenoxy) is 1. The topological polar surface area (TPSA) is 88.8 Å². The average molecular weight is 331 g/mol. The van der Waals surface area contributed by atoms with Gasteiger partial charge in [0.1, 0.15) is 11.5 Å². The molecule has 1 amide bonds. The van der Waals surface area contributed by atoms with Crippen molar-refractivity contribution in [1.82, 2.24) is 0 Å². The number of methoxy groups -OCH3 is 1. The number of aromatic carboxylic acids is 1. The Morgan fingerprint density at radius 2 is 2.00 bits per heavy atom. The van der Waals surface area contributed by atoms with Gasteiger partial charge in [-0.05, 0) is 36.8 Å². The van der Waals surface area contributed by atoms with E-state index in [1.165, 1.54) is 13.2 Å². The van der Waals surface area contributed by atoms with E-state index in [-0.39, 0.29) is 11.7 Å². The molecular formula is C18H21NO5. The summed E-state index contributed by atoms with van der Waals surface area (Å²) in [6.45, 7) is 2.09. The first kappa shape index (κ1) is 17.6. The third-order valence-electron chi connectivity index (χ3n) is 3.57. The van der Waals surface area contributed by atoms with Crippen molar-refractivity contribution in [2.45, 2.75) is 32.6 Å². The minimum Gasteiger partial charge on any atom is -0.496 e. The zero-order valence-electron chi connectivity index (χ0n) is 13.8. The minimum absolute atomic E-state index is 0.0507. The van der Waals surface area contributed by atoms with Crippen molar-refractivity contribution in [3.8, 4) is 17.1 Å². The van der Waals surface area contributed by atoms with E-state index in [1.807, 2.05) is 0 Å². The summed E-state index contributed by atoms with van der Waals surface area (Å²) in [5.41, 5.74) is 1.19. The second-order valence-electron chi connectivity index (χ2n) is 5.39. The SMILES string of the molecule is CCCCCC(=O)Nc1ccc(OC)c(-c2ccc(C(=O)O)o2)c1. The van der Waals surface area contributed by atoms with Crippen molar-refractivity contribution >= 4 is 17.6 Å². The lowest BCUT2D eigenvalue weighted by molar-refractivity contribution is -0.116. The van der Waals surface area contributed by atoms with Crippen LogP contribution in [0.2, 0.25) is 0 Å². The molecule has 0 aliphatic carbocycles. The summed E-state index contributed by atoms with van der Waals surface area (Å²) >= 11 is 0. The number of benzene rings is 1. The van der Waals surface area contributed by atoms with Crippen molar-refractivity contribution in [3.63, 3.8) is 0 Å². The molecular weight excluding hydrogens is 310 g/mol. The van der Waals surface area contributed by atoms with Gasteiger partial charge in [-0.2, -0.15) is 0 Å². The van der Waals surface area contributed by atoms with Crippen LogP contribution >= 0.6 is 0 Å². The highest BCUT2D eigenvalue weighted by Crippen LogP contribution is 2.33. The van der Waals surface area contributed by atoms with Crippen LogP contribution in [0.3, 0.4) is 0 Å². The number of carboxylic acids is 1. The molecule has 128 valence electrons. The van der Waals surface area contributed by atoms with Crippen LogP contribution in [0, 0.1) is 0 Å². The molecule has 0 aliphatic heterocycles. The Kier molecular flexibility index (Phi) is 6.01. The summed E-state index contributed by atoms with van der Waals surface area (Å²) in [5.74, 6) is -0.441. The standard InChI is InChI=1S/C18H21NO5/c1-3-4-5-6-17(20)19-12-7-8-14(23-2)13(11-12)15-9-10-16(24-15)18(21)22/h7-11H,3-6H2,1-2H3,(H,19,20)(H,21,22). The molecule has 2 N–H and O–H groups in total. The molecule has 0 saturated carbocycles. The maximum atomic E-state index is 11.9. The molecule has 0 saturated heterocycles. The first-order chi connectivity index (χ1) is 11.5. The molecule has 1 aromatic heterocycles. The predicted molar refractivity (Wildman–Crippen MR) is 90.4 cm³/mol. The molecule has 0 radical (unpaired) electrons. The Morgan fingerprint density at radius 3 is 2.62 bits per heavy atom. The fourth-order valence-corrected chi connectivity index (χ4v) is 2.33. The summed E-state index contributed by atoms with van der Waals surface area (Å²) in [6, 6.07) is 8.10. The van der Waals surface area contributed by atoms with Crippen molar-refractivity contribution < 1.29 is 23.8 Å². The summed E-state index contributed by atoms with van der Waals surface area (Å²) in [5, 5.41) is 11.8. The maximum absolute atomic E-state index is 11.9. The van der Waals surface area contributed by atoms with Crippen LogP contribution < -0.4 is 10.1 Å². The van der Waals surface area contributed by atoms with E-state index < -0.39 is 5.97 Å². The summed E-state index contributed by atoms with van der Waals surface area (Å²) in [4.78, 5) is 22.9. The Hall–Kier alpha value is -2.76. The monoisotopic (exact) mass is 331 g/mol. The van der Waals surface area contributed by atoms with E-state index in [2.05, 4.69) is 12.2 Å². The number of carbonyl (C=O) groups excluding carboxylic acids is 1. The maximum Gasteiger partial charge on any atom is 0.371 e. The van der Waals surface area contributed by atoms with Gasteiger partial charge in [-0.3, -0.25) is 4.79 Å². The molecule has 0 bridgehead atoms. The lowest BCUT2D eigenvalue weighted by Gasteiger charge is -2.10. The van der Waals surface area contributed by atoms with Crippen LogP contribution in [0.4, 0.5) is 5.69 Å². The number of hydrogen-bond acceptors (Lipinski definition) is 4. The Labute approximate surface area is 140 Å². The number of carbonyl (C=O) groups is 2. The lowest BCUT2D eigenvalue weighted by Crippen LogP contribution is -2.11. The molecule has 1 heterocycles. The van der Waals surface area contributed by atoms with Gasteiger partial charge >= 0.3 is 5.97 Å². The third-order valence-corrected chi connectivity index (χ3v) is 3.57. The number of amides is 1. The highest BCUT2D eigenvalue weighted by molar-refractivity contribution is 5.92. The Bertz CT molecular complexity index is 720. The number of anilines is 1. The van der Waals surface area contributed by atoms with Crippen molar-refractivity contribution in [1.29, 1.82) is 0 Å². The van der Waals surface area contributed by atoms with Crippen molar-refractivity contribution in [2.75, 3.05) is 12.4 Å². The number of nitrogens with one attached hydrogen (secondary N) is 1. The normalized spacial score (nSPS) is 10.4. The van der Waals surface area contributed by atoms with E-state index in [0.717, 1.165) is 19.3 Å². The van der Waals surface area contributed by atoms with E-state index in [0.29, 0.717) is 29.2 Å². The fourth-order valence-electron chi connectivity index (χ4n) is 2.33. The van der Waals surface area contributed by atoms with Gasteiger partial charge in [0.15, 0.2) is 0 Å². The number of unbranched alkanes of at least 4 members (excludes halogenated alkanes) is 2. The molecule has 0 spiro atoms. The lowest BCUT2D eigenvalue weighted by atomic mass is 10.1. The van der Waals surface area contributed by atoms with Crippen LogP contribution in [0.15, 0.2) is 34.7 Å². The fraction of sp³-hybridized carbons (Fsp3) is 0.333. The van der Waals surface area contributed by atoms with E-state index in [1.54, 1.807) is 24.3 Å². The second kappa shape index (κ2) is 8.19. The van der Waals surface area contributed by atoms with E-state index >= 15 is 0 Å². The Balaban J connectivity index is 2.20. The predicted octanol–water partition coefficient (Wildman–Crippen LogP) is 4.17. The molecule has 6 nitrogen and oxygen atoms in total. The van der Waals surface area contributed by atoms with Crippen molar-refractivity contribution in [2.24, 2.45) is 0 Å². The number of furan rings is 1. The Morgan fingerprint density at radius 1 is 1.21 bits per heavy atom. The zero-order valence-corrected chi connectivity index (χ0v) is 13.8. The molecule has 0 fully saturated rings. The van der Waals surface area contributed by atoms with Gasteiger partial charge in [0, 0.05) is 12.1 Å². The number of rotatable bonds is 8. The van der Waals surface area contributed by atoms with E-state index in [4.69, 9.17) is 14.3 Å². The highest BCUT2D eigenvalue weighted by Gasteiger charge is 2.15. The zero-order chi connectivity index (χ0) is 17.5. The van der Waals surface area contributed by atoms with Gasteiger partial charge in [0.2, 0.25) is 11.7 Å². The van der Waals surface area contributed by atoms with Crippen LogP contribution in [0.25, 0.3) is 11.3 Å². The van der Waals surface area contributed by atoms with Gasteiger partial charge in [-0.1, -0.05) is 19.8 Å². The van der Waals surface area contributed by atoms with Crippen LogP contribution in [-0.2, 0) is 4.79 Å². The van der Waals surface area contributed by atoms with Crippen molar-refractivity contribution in [3.05, 3.63) is 36.1 Å². The van der Waals surface area contributed by atoms with Crippen LogP contribution in [-0.4, -0.2) is 24.1 Å². The van der Waals surface area contributed by atoms with Gasteiger partial charge in [-0.15, -0.1) is 0 Å². The van der Waals surface area contributed by atoms with Gasteiger partial charge in [0.05, 0.1) is 12.7 Å². The second-order valence-corrected chi connectivity index (χ2v) is 5.39. The molecule has 0 aliphatic rings. The van der Waals surface area contributed by atoms with Gasteiger partial charge < -0.3 is 19.6 Å². The molecule has 2 aromatic rings. The smallest absolute Gasteiger partial charge is 0.371 e. The quantitative estimate of drug-likeness (QED) is 0.709. The summed E-state index contributed by atoms with van der Waals surface area (Å²) in [6.07, 6.45) is 3.40. The molecule has 0 unspecified atom stereocenters. The molecule has 24 heavy (non-hydrogen) atoms. The third kappa shape index (κ3) is 4.38. The largest absolute Gasteiger partial charge is 0.496 e. The first-order valence-electron chi connectivity index (χ1n) is 7.86. The first-order valence-corrected chi connectivity index (χ1v) is 7.86. The van der Waals surface area contributed by atoms with Gasteiger partial charge in [0.25, 0.3) is 0 Å². The molecule has 0 atom stereocenters. The minimum atomic E-state index is -1.14. The molecule has 2 rings (SSSR count). The number of hydrogen-bond donors (Lipinski definition) is 2. The average Bonchev–Trinajstić information content (AvgIpc) is 3.05. The van der Waals surface area contributed by atoms with Gasteiger partial charge in [-0.25, -0.2) is 4.79 Å². The summed E-state index contributed by atoms with van der Waals surface area (Å²) in [7, 11) is 1.52. The number of carboxylic acid groups (broad SMARTS) is 1. The summed E-state index contributed by atoms with van der Waals surface area (Å²) < 4.78 is 10.6.